The molecule has 0 saturated carbocycles. The van der Waals surface area contributed by atoms with Crippen LogP contribution in [0.2, 0.25) is 0 Å². The molecule has 3 nitrogen and oxygen atoms in total. The van der Waals surface area contributed by atoms with E-state index < -0.39 is 0 Å². The lowest BCUT2D eigenvalue weighted by atomic mass is 9.89. The summed E-state index contributed by atoms with van der Waals surface area (Å²) in [5.41, 5.74) is 3.59. The van der Waals surface area contributed by atoms with Gasteiger partial charge in [0, 0.05) is 11.5 Å². The summed E-state index contributed by atoms with van der Waals surface area (Å²) in [4.78, 5) is 13.9. The van der Waals surface area contributed by atoms with Crippen LogP contribution in [0.5, 0.6) is 0 Å². The molecule has 1 aromatic heterocycles. The van der Waals surface area contributed by atoms with Crippen LogP contribution in [0, 0.1) is 6.92 Å². The molecule has 4 rings (SSSR count). The van der Waals surface area contributed by atoms with E-state index in [4.69, 9.17) is 4.98 Å². The van der Waals surface area contributed by atoms with Crippen LogP contribution in [-0.2, 0) is 0 Å². The van der Waals surface area contributed by atoms with Crippen LogP contribution in [0.3, 0.4) is 0 Å². The minimum Gasteiger partial charge on any atom is -0.218 e. The van der Waals surface area contributed by atoms with Crippen molar-refractivity contribution in [3.63, 3.8) is 0 Å². The van der Waals surface area contributed by atoms with Crippen LogP contribution in [0.4, 0.5) is 0 Å². The highest BCUT2D eigenvalue weighted by molar-refractivity contribution is 5.69. The number of rotatable bonds is 3. The smallest absolute Gasteiger partial charge is 0.163 e. The molecule has 0 fully saturated rings. The Morgan fingerprint density at radius 3 is 2.20 bits per heavy atom. The van der Waals surface area contributed by atoms with Gasteiger partial charge in [0.15, 0.2) is 5.82 Å². The molecule has 1 atom stereocenters. The van der Waals surface area contributed by atoms with Crippen molar-refractivity contribution in [1.29, 1.82) is 0 Å². The van der Waals surface area contributed by atoms with Crippen LogP contribution in [0.25, 0.3) is 17.0 Å². The lowest BCUT2D eigenvalue weighted by Gasteiger charge is -2.18. The monoisotopic (exact) mass is 325 g/mol. The van der Waals surface area contributed by atoms with E-state index in [0.29, 0.717) is 0 Å². The third-order valence-corrected chi connectivity index (χ3v) is 4.35. The first kappa shape index (κ1) is 15.5. The zero-order valence-electron chi connectivity index (χ0n) is 14.1. The van der Waals surface area contributed by atoms with E-state index in [2.05, 4.69) is 52.5 Å². The number of allylic oxidation sites excluding steroid dienone is 4. The highest BCUT2D eigenvalue weighted by Gasteiger charge is 2.19. The Bertz CT molecular complexity index is 928. The lowest BCUT2D eigenvalue weighted by Crippen LogP contribution is -2.09. The molecule has 1 aliphatic rings. The van der Waals surface area contributed by atoms with Crippen LogP contribution in [0.1, 0.15) is 29.6 Å². The third kappa shape index (κ3) is 3.41. The second-order valence-electron chi connectivity index (χ2n) is 6.18. The molecular weight excluding hydrogens is 306 g/mol. The second kappa shape index (κ2) is 6.81. The normalized spacial score (nSPS) is 16.5. The van der Waals surface area contributed by atoms with Crippen molar-refractivity contribution < 1.29 is 0 Å². The summed E-state index contributed by atoms with van der Waals surface area (Å²) >= 11 is 0. The van der Waals surface area contributed by atoms with E-state index in [1.807, 2.05) is 43.3 Å². The van der Waals surface area contributed by atoms with Gasteiger partial charge in [0.25, 0.3) is 0 Å². The van der Waals surface area contributed by atoms with Crippen molar-refractivity contribution in [2.24, 2.45) is 0 Å². The van der Waals surface area contributed by atoms with Crippen LogP contribution in [0.15, 0.2) is 78.9 Å². The lowest BCUT2D eigenvalue weighted by molar-refractivity contribution is 0.757. The molecule has 0 amide bonds. The number of nitrogens with zero attached hydrogens (tertiary/aromatic N) is 3. The minimum absolute atomic E-state index is 0.171. The van der Waals surface area contributed by atoms with Gasteiger partial charge in [-0.15, -0.1) is 0 Å². The van der Waals surface area contributed by atoms with Gasteiger partial charge in [-0.2, -0.15) is 0 Å². The maximum absolute atomic E-state index is 4.75. The average molecular weight is 325 g/mol. The van der Waals surface area contributed by atoms with Crippen molar-refractivity contribution >= 4 is 5.57 Å². The number of benzene rings is 2. The van der Waals surface area contributed by atoms with Gasteiger partial charge in [0.05, 0.1) is 0 Å². The van der Waals surface area contributed by atoms with Gasteiger partial charge in [-0.3, -0.25) is 0 Å². The van der Waals surface area contributed by atoms with Gasteiger partial charge in [0.1, 0.15) is 11.6 Å². The van der Waals surface area contributed by atoms with E-state index in [1.54, 1.807) is 0 Å². The largest absolute Gasteiger partial charge is 0.218 e. The molecule has 0 saturated heterocycles. The molecule has 0 bridgehead atoms. The Morgan fingerprint density at radius 1 is 0.800 bits per heavy atom. The van der Waals surface area contributed by atoms with E-state index >= 15 is 0 Å². The third-order valence-electron chi connectivity index (χ3n) is 4.35. The zero-order chi connectivity index (χ0) is 17.1. The first-order valence-corrected chi connectivity index (χ1v) is 8.50. The van der Waals surface area contributed by atoms with Gasteiger partial charge >= 0.3 is 0 Å². The van der Waals surface area contributed by atoms with Crippen molar-refractivity contribution in [2.45, 2.75) is 19.3 Å². The fourth-order valence-corrected chi connectivity index (χ4v) is 3.11. The molecule has 0 aliphatic heterocycles. The first-order valence-electron chi connectivity index (χ1n) is 8.50. The first-order chi connectivity index (χ1) is 12.3. The van der Waals surface area contributed by atoms with Gasteiger partial charge in [-0.25, -0.2) is 15.0 Å². The highest BCUT2D eigenvalue weighted by atomic mass is 15.0. The van der Waals surface area contributed by atoms with Gasteiger partial charge in [-0.05, 0) is 24.5 Å². The molecule has 2 aromatic carbocycles. The van der Waals surface area contributed by atoms with Gasteiger partial charge < -0.3 is 0 Å². The molecule has 0 spiro atoms. The van der Waals surface area contributed by atoms with Gasteiger partial charge in [-0.1, -0.05) is 78.9 Å². The molecule has 0 N–H and O–H groups in total. The van der Waals surface area contributed by atoms with Crippen LogP contribution >= 0.6 is 0 Å². The Labute approximate surface area is 147 Å². The SMILES string of the molecule is Cc1nc(-c2ccccc2)nc(C2C=CC=C(c3ccccc3)C2)n1. The van der Waals surface area contributed by atoms with E-state index in [9.17, 15) is 0 Å². The highest BCUT2D eigenvalue weighted by Crippen LogP contribution is 2.32. The molecule has 25 heavy (non-hydrogen) atoms. The quantitative estimate of drug-likeness (QED) is 0.682. The van der Waals surface area contributed by atoms with Gasteiger partial charge in [0.2, 0.25) is 0 Å². The summed E-state index contributed by atoms with van der Waals surface area (Å²) in [7, 11) is 0. The Kier molecular flexibility index (Phi) is 4.21. The summed E-state index contributed by atoms with van der Waals surface area (Å²) in [5.74, 6) is 2.51. The molecule has 3 heteroatoms. The molecule has 3 aromatic rings. The van der Waals surface area contributed by atoms with E-state index in [-0.39, 0.29) is 5.92 Å². The fourth-order valence-electron chi connectivity index (χ4n) is 3.11. The molecule has 1 heterocycles. The number of aryl methyl sites for hydroxylation is 1. The molecular formula is C22H19N3. The van der Waals surface area contributed by atoms with Crippen molar-refractivity contribution in [3.8, 4) is 11.4 Å². The maximum atomic E-state index is 4.75. The molecule has 1 aliphatic carbocycles. The Hall–Kier alpha value is -3.07. The molecule has 122 valence electrons. The van der Waals surface area contributed by atoms with Crippen LogP contribution in [-0.4, -0.2) is 15.0 Å². The van der Waals surface area contributed by atoms with Crippen LogP contribution < -0.4 is 0 Å². The molecule has 1 unspecified atom stereocenters. The maximum Gasteiger partial charge on any atom is 0.163 e. The van der Waals surface area contributed by atoms with E-state index in [1.165, 1.54) is 11.1 Å². The standard InChI is InChI=1S/C22H19N3/c1-16-23-21(18-11-6-3-7-12-18)25-22(24-16)20-14-8-13-19(15-20)17-9-4-2-5-10-17/h2-14,20H,15H2,1H3. The summed E-state index contributed by atoms with van der Waals surface area (Å²) in [6, 6.07) is 20.6. The predicted octanol–water partition coefficient (Wildman–Crippen LogP) is 4.97. The summed E-state index contributed by atoms with van der Waals surface area (Å²) in [6.07, 6.45) is 7.37. The topological polar surface area (TPSA) is 38.7 Å². The summed E-state index contributed by atoms with van der Waals surface area (Å²) < 4.78 is 0. The van der Waals surface area contributed by atoms with Crippen molar-refractivity contribution in [2.75, 3.05) is 0 Å². The molecule has 0 radical (unpaired) electrons. The fraction of sp³-hybridized carbons (Fsp3) is 0.136. The minimum atomic E-state index is 0.171. The number of hydrogen-bond acceptors (Lipinski definition) is 3. The Balaban J connectivity index is 1.66. The average Bonchev–Trinajstić information content (AvgIpc) is 2.69. The Morgan fingerprint density at radius 2 is 1.48 bits per heavy atom. The van der Waals surface area contributed by atoms with Crippen molar-refractivity contribution in [3.05, 3.63) is 96.1 Å². The zero-order valence-corrected chi connectivity index (χ0v) is 14.1. The summed E-state index contributed by atoms with van der Waals surface area (Å²) in [6.45, 7) is 1.93. The number of aromatic nitrogens is 3. The number of hydrogen-bond donors (Lipinski definition) is 0. The second-order valence-corrected chi connectivity index (χ2v) is 6.18. The van der Waals surface area contributed by atoms with E-state index in [0.717, 1.165) is 29.5 Å². The summed E-state index contributed by atoms with van der Waals surface area (Å²) in [5, 5.41) is 0. The predicted molar refractivity (Wildman–Crippen MR) is 101 cm³/mol. The van der Waals surface area contributed by atoms with Crippen molar-refractivity contribution in [1.82, 2.24) is 15.0 Å².